The highest BCUT2D eigenvalue weighted by Crippen LogP contribution is 2.48. The molecule has 1 heterocycles. The van der Waals surface area contributed by atoms with Gasteiger partial charge in [-0.3, -0.25) is 4.79 Å². The largest absolute Gasteiger partial charge is 0.481 e. The van der Waals surface area contributed by atoms with Crippen LogP contribution in [0.3, 0.4) is 0 Å². The first-order valence-electron chi connectivity index (χ1n) is 4.74. The molecular formula is C10H13NO2S. The SMILES string of the molecule is CC1CC(Cc2nccs2)(C(=O)O)C1. The second kappa shape index (κ2) is 3.35. The molecule has 2 rings (SSSR count). The van der Waals surface area contributed by atoms with Crippen LogP contribution in [-0.4, -0.2) is 16.1 Å². The van der Waals surface area contributed by atoms with Gasteiger partial charge in [-0.25, -0.2) is 4.98 Å². The number of thiazole rings is 1. The Hall–Kier alpha value is -0.900. The van der Waals surface area contributed by atoms with Crippen LogP contribution in [-0.2, 0) is 11.2 Å². The topological polar surface area (TPSA) is 50.2 Å². The Bertz CT molecular complexity index is 328. The summed E-state index contributed by atoms with van der Waals surface area (Å²) in [7, 11) is 0. The van der Waals surface area contributed by atoms with Gasteiger partial charge in [0, 0.05) is 18.0 Å². The zero-order valence-corrected chi connectivity index (χ0v) is 8.88. The molecule has 0 bridgehead atoms. The molecular weight excluding hydrogens is 198 g/mol. The molecule has 0 aliphatic heterocycles. The number of hydrogen-bond acceptors (Lipinski definition) is 3. The van der Waals surface area contributed by atoms with Gasteiger partial charge in [-0.15, -0.1) is 11.3 Å². The maximum absolute atomic E-state index is 11.2. The fourth-order valence-corrected chi connectivity index (χ4v) is 3.06. The van der Waals surface area contributed by atoms with Gasteiger partial charge in [-0.1, -0.05) is 6.92 Å². The highest BCUT2D eigenvalue weighted by Gasteiger charge is 2.48. The van der Waals surface area contributed by atoms with Gasteiger partial charge in [0.05, 0.1) is 10.4 Å². The Balaban J connectivity index is 2.10. The van der Waals surface area contributed by atoms with Crippen LogP contribution in [0.5, 0.6) is 0 Å². The number of carboxylic acids is 1. The number of hydrogen-bond donors (Lipinski definition) is 1. The van der Waals surface area contributed by atoms with Crippen LogP contribution in [0.25, 0.3) is 0 Å². The van der Waals surface area contributed by atoms with E-state index in [0.29, 0.717) is 12.3 Å². The highest BCUT2D eigenvalue weighted by molar-refractivity contribution is 7.09. The number of carbonyl (C=O) groups is 1. The van der Waals surface area contributed by atoms with Gasteiger partial charge in [-0.05, 0) is 18.8 Å². The maximum atomic E-state index is 11.2. The van der Waals surface area contributed by atoms with E-state index in [1.165, 1.54) is 0 Å². The number of nitrogens with zero attached hydrogens (tertiary/aromatic N) is 1. The van der Waals surface area contributed by atoms with E-state index in [2.05, 4.69) is 11.9 Å². The molecule has 14 heavy (non-hydrogen) atoms. The normalized spacial score (nSPS) is 31.1. The van der Waals surface area contributed by atoms with Crippen LogP contribution < -0.4 is 0 Å². The van der Waals surface area contributed by atoms with Gasteiger partial charge in [0.2, 0.25) is 0 Å². The summed E-state index contributed by atoms with van der Waals surface area (Å²) < 4.78 is 0. The summed E-state index contributed by atoms with van der Waals surface area (Å²) in [6, 6.07) is 0. The third-order valence-electron chi connectivity index (χ3n) is 2.91. The van der Waals surface area contributed by atoms with Crippen molar-refractivity contribution in [1.82, 2.24) is 4.98 Å². The van der Waals surface area contributed by atoms with Crippen molar-refractivity contribution in [3.8, 4) is 0 Å². The Labute approximate surface area is 86.8 Å². The Morgan fingerprint density at radius 1 is 1.79 bits per heavy atom. The minimum absolute atomic E-state index is 0.517. The highest BCUT2D eigenvalue weighted by atomic mass is 32.1. The van der Waals surface area contributed by atoms with E-state index in [9.17, 15) is 9.90 Å². The first-order chi connectivity index (χ1) is 6.62. The smallest absolute Gasteiger partial charge is 0.310 e. The van der Waals surface area contributed by atoms with Gasteiger partial charge in [-0.2, -0.15) is 0 Å². The van der Waals surface area contributed by atoms with Crippen LogP contribution in [0, 0.1) is 11.3 Å². The van der Waals surface area contributed by atoms with Gasteiger partial charge in [0.15, 0.2) is 0 Å². The molecule has 0 spiro atoms. The average Bonchev–Trinajstić information content (AvgIpc) is 2.53. The molecule has 1 aromatic rings. The number of aliphatic carboxylic acids is 1. The molecule has 1 fully saturated rings. The zero-order valence-electron chi connectivity index (χ0n) is 8.06. The van der Waals surface area contributed by atoms with Gasteiger partial charge in [0.25, 0.3) is 0 Å². The fourth-order valence-electron chi connectivity index (χ4n) is 2.30. The Kier molecular flexibility index (Phi) is 2.31. The molecule has 1 aliphatic carbocycles. The Morgan fingerprint density at radius 3 is 2.93 bits per heavy atom. The zero-order chi connectivity index (χ0) is 10.2. The average molecular weight is 211 g/mol. The number of carboxylic acid groups (broad SMARTS) is 1. The molecule has 1 saturated carbocycles. The lowest BCUT2D eigenvalue weighted by Crippen LogP contribution is -2.44. The molecule has 76 valence electrons. The van der Waals surface area contributed by atoms with E-state index < -0.39 is 11.4 Å². The third kappa shape index (κ3) is 1.54. The van der Waals surface area contributed by atoms with E-state index in [1.54, 1.807) is 17.5 Å². The van der Waals surface area contributed by atoms with Crippen LogP contribution in [0.15, 0.2) is 11.6 Å². The molecule has 0 saturated heterocycles. The monoisotopic (exact) mass is 211 g/mol. The summed E-state index contributed by atoms with van der Waals surface area (Å²) in [5.74, 6) is -0.114. The number of aromatic nitrogens is 1. The first-order valence-corrected chi connectivity index (χ1v) is 5.62. The molecule has 3 nitrogen and oxygen atoms in total. The fraction of sp³-hybridized carbons (Fsp3) is 0.600. The van der Waals surface area contributed by atoms with Crippen molar-refractivity contribution in [2.24, 2.45) is 11.3 Å². The van der Waals surface area contributed by atoms with Crippen LogP contribution >= 0.6 is 11.3 Å². The van der Waals surface area contributed by atoms with Crippen LogP contribution in [0.4, 0.5) is 0 Å². The van der Waals surface area contributed by atoms with E-state index in [1.807, 2.05) is 5.38 Å². The van der Waals surface area contributed by atoms with E-state index in [-0.39, 0.29) is 0 Å². The summed E-state index contributed by atoms with van der Waals surface area (Å²) in [4.78, 5) is 15.3. The van der Waals surface area contributed by atoms with Crippen molar-refractivity contribution in [3.05, 3.63) is 16.6 Å². The summed E-state index contributed by atoms with van der Waals surface area (Å²) >= 11 is 1.54. The van der Waals surface area contributed by atoms with Crippen LogP contribution in [0.1, 0.15) is 24.8 Å². The van der Waals surface area contributed by atoms with Crippen LogP contribution in [0.2, 0.25) is 0 Å². The maximum Gasteiger partial charge on any atom is 0.310 e. The quantitative estimate of drug-likeness (QED) is 0.833. The molecule has 0 aromatic carbocycles. The van der Waals surface area contributed by atoms with Crippen molar-refractivity contribution < 1.29 is 9.90 Å². The molecule has 0 amide bonds. The van der Waals surface area contributed by atoms with Crippen molar-refractivity contribution in [2.75, 3.05) is 0 Å². The predicted octanol–water partition coefficient (Wildman–Crippen LogP) is 2.19. The molecule has 1 N–H and O–H groups in total. The van der Waals surface area contributed by atoms with Gasteiger partial charge < -0.3 is 5.11 Å². The molecule has 0 atom stereocenters. The van der Waals surface area contributed by atoms with E-state index >= 15 is 0 Å². The number of rotatable bonds is 3. The summed E-state index contributed by atoms with van der Waals surface area (Å²) in [5.41, 5.74) is -0.517. The molecule has 1 aliphatic rings. The lowest BCUT2D eigenvalue weighted by Gasteiger charge is -2.42. The Morgan fingerprint density at radius 2 is 2.50 bits per heavy atom. The minimum Gasteiger partial charge on any atom is -0.481 e. The second-order valence-electron chi connectivity index (χ2n) is 4.20. The lowest BCUT2D eigenvalue weighted by molar-refractivity contribution is -0.157. The molecule has 1 aromatic heterocycles. The van der Waals surface area contributed by atoms with Crippen molar-refractivity contribution in [2.45, 2.75) is 26.2 Å². The third-order valence-corrected chi connectivity index (χ3v) is 3.68. The van der Waals surface area contributed by atoms with E-state index in [0.717, 1.165) is 17.8 Å². The van der Waals surface area contributed by atoms with Gasteiger partial charge in [0.1, 0.15) is 0 Å². The van der Waals surface area contributed by atoms with E-state index in [4.69, 9.17) is 0 Å². The summed E-state index contributed by atoms with van der Waals surface area (Å²) in [6.45, 7) is 2.10. The van der Waals surface area contributed by atoms with Crippen molar-refractivity contribution in [3.63, 3.8) is 0 Å². The summed E-state index contributed by atoms with van der Waals surface area (Å²) in [6.07, 6.45) is 3.92. The predicted molar refractivity (Wildman–Crippen MR) is 54.3 cm³/mol. The molecule has 4 heteroatoms. The summed E-state index contributed by atoms with van der Waals surface area (Å²) in [5, 5.41) is 12.0. The first kappa shape index (κ1) is 9.65. The van der Waals surface area contributed by atoms with Crippen molar-refractivity contribution >= 4 is 17.3 Å². The van der Waals surface area contributed by atoms with Crippen molar-refractivity contribution in [1.29, 1.82) is 0 Å². The second-order valence-corrected chi connectivity index (χ2v) is 5.18. The molecule has 0 unspecified atom stereocenters. The van der Waals surface area contributed by atoms with Gasteiger partial charge >= 0.3 is 5.97 Å². The minimum atomic E-state index is -0.661. The lowest BCUT2D eigenvalue weighted by atomic mass is 9.61. The molecule has 0 radical (unpaired) electrons. The standard InChI is InChI=1S/C10H13NO2S/c1-7-4-10(5-7,9(12)13)6-8-11-2-3-14-8/h2-3,7H,4-6H2,1H3,(H,12,13).